The van der Waals surface area contributed by atoms with Gasteiger partial charge in [-0.15, -0.1) is 0 Å². The molecule has 10 heteroatoms. The van der Waals surface area contributed by atoms with Crippen molar-refractivity contribution in [2.24, 2.45) is 0 Å². The summed E-state index contributed by atoms with van der Waals surface area (Å²) in [6.45, 7) is 2.27. The number of anilines is 2. The zero-order valence-electron chi connectivity index (χ0n) is 23.2. The van der Waals surface area contributed by atoms with E-state index in [2.05, 4.69) is 45.0 Å². The number of methoxy groups -OCH3 is 2. The molecule has 2 N–H and O–H groups in total. The summed E-state index contributed by atoms with van der Waals surface area (Å²) < 4.78 is 18.6. The topological polar surface area (TPSA) is 99.5 Å². The fourth-order valence-electron chi connectivity index (χ4n) is 5.17. The SMILES string of the molecule is COc1cc(NC(=O)C2=C(C)Nc3ncnn3C2c2ccc(OCc3cccc4ccccc34)cc2)c(OC)cc1Cl. The Morgan fingerprint density at radius 1 is 1.00 bits per heavy atom. The van der Waals surface area contributed by atoms with Crippen LogP contribution in [0, 0.1) is 0 Å². The Labute approximate surface area is 247 Å². The number of aromatic nitrogens is 3. The minimum Gasteiger partial charge on any atom is -0.495 e. The van der Waals surface area contributed by atoms with Gasteiger partial charge in [-0.05, 0) is 41.0 Å². The Bertz CT molecular complexity index is 1810. The summed E-state index contributed by atoms with van der Waals surface area (Å²) in [6, 6.07) is 24.8. The number of benzene rings is 4. The van der Waals surface area contributed by atoms with Gasteiger partial charge in [-0.3, -0.25) is 4.79 Å². The van der Waals surface area contributed by atoms with Gasteiger partial charge in [0.25, 0.3) is 5.91 Å². The van der Waals surface area contributed by atoms with Gasteiger partial charge >= 0.3 is 0 Å². The molecule has 0 fully saturated rings. The number of halogens is 1. The van der Waals surface area contributed by atoms with Crippen LogP contribution in [-0.2, 0) is 11.4 Å². The van der Waals surface area contributed by atoms with Gasteiger partial charge in [-0.1, -0.05) is 66.2 Å². The number of hydrogen-bond donors (Lipinski definition) is 2. The van der Waals surface area contributed by atoms with E-state index in [4.69, 9.17) is 25.8 Å². The Kier molecular flexibility index (Phi) is 7.41. The molecule has 2 heterocycles. The van der Waals surface area contributed by atoms with Crippen LogP contribution >= 0.6 is 11.6 Å². The van der Waals surface area contributed by atoms with Gasteiger partial charge in [0.15, 0.2) is 0 Å². The fraction of sp³-hybridized carbons (Fsp3) is 0.156. The van der Waals surface area contributed by atoms with E-state index in [1.165, 1.54) is 25.9 Å². The van der Waals surface area contributed by atoms with Gasteiger partial charge in [0.1, 0.15) is 36.2 Å². The van der Waals surface area contributed by atoms with E-state index < -0.39 is 6.04 Å². The highest BCUT2D eigenvalue weighted by molar-refractivity contribution is 6.32. The quantitative estimate of drug-likeness (QED) is 0.213. The van der Waals surface area contributed by atoms with Crippen molar-refractivity contribution in [3.63, 3.8) is 0 Å². The van der Waals surface area contributed by atoms with Crippen molar-refractivity contribution in [1.82, 2.24) is 14.8 Å². The second kappa shape index (κ2) is 11.5. The maximum absolute atomic E-state index is 13.9. The number of nitrogens with zero attached hydrogens (tertiary/aromatic N) is 3. The number of ether oxygens (including phenoxy) is 3. The molecule has 9 nitrogen and oxygen atoms in total. The molecule has 42 heavy (non-hydrogen) atoms. The molecule has 0 saturated heterocycles. The van der Waals surface area contributed by atoms with Gasteiger partial charge in [0.2, 0.25) is 5.95 Å². The zero-order chi connectivity index (χ0) is 29.2. The molecule has 5 aromatic rings. The van der Waals surface area contributed by atoms with Crippen LogP contribution in [0.25, 0.3) is 10.8 Å². The van der Waals surface area contributed by atoms with E-state index >= 15 is 0 Å². The normalized spacial score (nSPS) is 14.2. The van der Waals surface area contributed by atoms with Gasteiger partial charge in [-0.2, -0.15) is 10.1 Å². The summed E-state index contributed by atoms with van der Waals surface area (Å²) in [5.41, 5.74) is 3.48. The van der Waals surface area contributed by atoms with E-state index in [-0.39, 0.29) is 5.91 Å². The Morgan fingerprint density at radius 3 is 2.55 bits per heavy atom. The van der Waals surface area contributed by atoms with Crippen molar-refractivity contribution in [3.05, 3.63) is 113 Å². The number of nitrogens with one attached hydrogen (secondary N) is 2. The number of rotatable bonds is 8. The van der Waals surface area contributed by atoms with Crippen LogP contribution in [0.4, 0.5) is 11.6 Å². The van der Waals surface area contributed by atoms with Crippen LogP contribution in [0.1, 0.15) is 24.1 Å². The number of fused-ring (bicyclic) bond motifs is 2. The third kappa shape index (κ3) is 5.10. The average Bonchev–Trinajstić information content (AvgIpc) is 3.48. The number of allylic oxidation sites excluding steroid dienone is 1. The van der Waals surface area contributed by atoms with Gasteiger partial charge < -0.3 is 24.8 Å². The molecule has 0 bridgehead atoms. The molecule has 1 aromatic heterocycles. The summed E-state index contributed by atoms with van der Waals surface area (Å²) in [5.74, 6) is 1.72. The number of hydrogen-bond acceptors (Lipinski definition) is 7. The molecule has 1 unspecified atom stereocenters. The predicted octanol–water partition coefficient (Wildman–Crippen LogP) is 6.61. The summed E-state index contributed by atoms with van der Waals surface area (Å²) in [6.07, 6.45) is 1.46. The van der Waals surface area contributed by atoms with Crippen molar-refractivity contribution >= 4 is 39.9 Å². The molecule has 1 aliphatic rings. The lowest BCUT2D eigenvalue weighted by molar-refractivity contribution is -0.113. The van der Waals surface area contributed by atoms with Crippen LogP contribution in [0.15, 0.2) is 96.5 Å². The highest BCUT2D eigenvalue weighted by Gasteiger charge is 2.34. The van der Waals surface area contributed by atoms with Crippen molar-refractivity contribution < 1.29 is 19.0 Å². The van der Waals surface area contributed by atoms with E-state index in [0.717, 1.165) is 16.5 Å². The molecule has 212 valence electrons. The molecule has 1 amide bonds. The fourth-order valence-corrected chi connectivity index (χ4v) is 5.40. The summed E-state index contributed by atoms with van der Waals surface area (Å²) in [7, 11) is 3.02. The van der Waals surface area contributed by atoms with Crippen LogP contribution in [0.3, 0.4) is 0 Å². The minimum atomic E-state index is -0.545. The number of carbonyl (C=O) groups excluding carboxylic acids is 1. The standard InChI is InChI=1S/C32H28ClN5O4/c1-19-29(31(39)37-26-16-27(40-2)25(33)15-28(26)41-3)30(38-32(36-19)34-18-35-38)21-11-13-23(14-12-21)42-17-22-9-6-8-20-7-4-5-10-24(20)22/h4-16,18,30H,17H2,1-3H3,(H,37,39)(H,34,35,36). The smallest absolute Gasteiger partial charge is 0.255 e. The van der Waals surface area contributed by atoms with Gasteiger partial charge in [0.05, 0.1) is 30.5 Å². The van der Waals surface area contributed by atoms with Crippen LogP contribution < -0.4 is 24.8 Å². The number of carbonyl (C=O) groups is 1. The first-order chi connectivity index (χ1) is 20.5. The van der Waals surface area contributed by atoms with E-state index in [1.54, 1.807) is 16.8 Å². The molecular formula is C32H28ClN5O4. The first-order valence-electron chi connectivity index (χ1n) is 13.3. The van der Waals surface area contributed by atoms with E-state index in [9.17, 15) is 4.79 Å². The van der Waals surface area contributed by atoms with Crippen LogP contribution in [0.5, 0.6) is 17.2 Å². The molecule has 0 radical (unpaired) electrons. The van der Waals surface area contributed by atoms with Crippen LogP contribution in [-0.4, -0.2) is 34.9 Å². The molecule has 1 atom stereocenters. The zero-order valence-corrected chi connectivity index (χ0v) is 24.0. The minimum absolute atomic E-state index is 0.342. The Morgan fingerprint density at radius 2 is 1.76 bits per heavy atom. The Balaban J connectivity index is 1.28. The largest absolute Gasteiger partial charge is 0.495 e. The molecule has 1 aliphatic heterocycles. The molecule has 0 aliphatic carbocycles. The monoisotopic (exact) mass is 581 g/mol. The highest BCUT2D eigenvalue weighted by Crippen LogP contribution is 2.39. The lowest BCUT2D eigenvalue weighted by Crippen LogP contribution is -2.31. The third-order valence-corrected chi connectivity index (χ3v) is 7.53. The third-order valence-electron chi connectivity index (χ3n) is 7.23. The first-order valence-corrected chi connectivity index (χ1v) is 13.6. The van der Waals surface area contributed by atoms with Crippen molar-refractivity contribution in [1.29, 1.82) is 0 Å². The predicted molar refractivity (Wildman–Crippen MR) is 162 cm³/mol. The molecule has 0 spiro atoms. The molecule has 6 rings (SSSR count). The average molecular weight is 582 g/mol. The highest BCUT2D eigenvalue weighted by atomic mass is 35.5. The Hall–Kier alpha value is -5.02. The maximum Gasteiger partial charge on any atom is 0.255 e. The van der Waals surface area contributed by atoms with Crippen LogP contribution in [0.2, 0.25) is 5.02 Å². The summed E-state index contributed by atoms with van der Waals surface area (Å²) in [4.78, 5) is 18.2. The van der Waals surface area contributed by atoms with E-state index in [0.29, 0.717) is 51.8 Å². The van der Waals surface area contributed by atoms with Crippen molar-refractivity contribution in [2.75, 3.05) is 24.9 Å². The van der Waals surface area contributed by atoms with Gasteiger partial charge in [-0.25, -0.2) is 4.68 Å². The van der Waals surface area contributed by atoms with Crippen molar-refractivity contribution in [3.8, 4) is 17.2 Å². The number of amides is 1. The van der Waals surface area contributed by atoms with E-state index in [1.807, 2.05) is 49.4 Å². The summed E-state index contributed by atoms with van der Waals surface area (Å²) in [5, 5.41) is 13.3. The summed E-state index contributed by atoms with van der Waals surface area (Å²) >= 11 is 6.27. The first kappa shape index (κ1) is 27.2. The van der Waals surface area contributed by atoms with Gasteiger partial charge in [0, 0.05) is 17.8 Å². The second-order valence-electron chi connectivity index (χ2n) is 9.73. The molecular weight excluding hydrogens is 554 g/mol. The van der Waals surface area contributed by atoms with Crippen molar-refractivity contribution in [2.45, 2.75) is 19.6 Å². The molecule has 0 saturated carbocycles. The lowest BCUT2D eigenvalue weighted by atomic mass is 9.95. The molecule has 4 aromatic carbocycles. The maximum atomic E-state index is 13.9. The lowest BCUT2D eigenvalue weighted by Gasteiger charge is -2.29. The second-order valence-corrected chi connectivity index (χ2v) is 10.1.